The lowest BCUT2D eigenvalue weighted by Crippen LogP contribution is -2.50. The highest BCUT2D eigenvalue weighted by atomic mass is 32.2. The number of carbonyl (C=O) groups excluding carboxylic acids is 2. The predicted molar refractivity (Wildman–Crippen MR) is 173 cm³/mol. The number of anilines is 1. The van der Waals surface area contributed by atoms with E-state index in [1.807, 2.05) is 80.6 Å². The second-order valence-corrected chi connectivity index (χ2v) is 12.8. The molecule has 232 valence electrons. The van der Waals surface area contributed by atoms with E-state index < -0.39 is 16.1 Å². The number of amides is 2. The van der Waals surface area contributed by atoms with E-state index >= 15 is 0 Å². The lowest BCUT2D eigenvalue weighted by molar-refractivity contribution is -0.141. The van der Waals surface area contributed by atoms with Crippen LogP contribution in [0.2, 0.25) is 0 Å². The highest BCUT2D eigenvalue weighted by Gasteiger charge is 2.30. The molecule has 0 aromatic heterocycles. The van der Waals surface area contributed by atoms with E-state index in [1.54, 1.807) is 18.1 Å². The summed E-state index contributed by atoms with van der Waals surface area (Å²) in [5, 5.41) is 3.03. The van der Waals surface area contributed by atoms with Crippen molar-refractivity contribution in [1.82, 2.24) is 10.2 Å². The minimum absolute atomic E-state index is 0.0777. The van der Waals surface area contributed by atoms with Crippen LogP contribution in [0.1, 0.15) is 54.9 Å². The van der Waals surface area contributed by atoms with Crippen LogP contribution >= 0.6 is 0 Å². The molecule has 2 amide bonds. The van der Waals surface area contributed by atoms with Crippen LogP contribution in [-0.4, -0.2) is 57.6 Å². The molecule has 0 radical (unpaired) electrons. The number of aryl methyl sites for hydroxylation is 2. The average Bonchev–Trinajstić information content (AvgIpc) is 2.98. The van der Waals surface area contributed by atoms with Gasteiger partial charge in [0, 0.05) is 32.5 Å². The maximum atomic E-state index is 14.0. The van der Waals surface area contributed by atoms with Crippen molar-refractivity contribution < 1.29 is 22.7 Å². The molecule has 0 saturated heterocycles. The van der Waals surface area contributed by atoms with Crippen LogP contribution in [-0.2, 0) is 32.6 Å². The standard InChI is InChI=1S/C34H45N3O5S/c1-6-7-20-35-34(39)32(24-28-13-9-8-10-14-28)36(25-29-15-11-16-31(23-29)42-4)33(38)17-12-21-37(43(5,40)41)30-19-18-26(2)27(3)22-30/h8-11,13-16,18-19,22-23,32H,6-7,12,17,20-21,24-25H2,1-5H3,(H,35,39). The van der Waals surface area contributed by atoms with Gasteiger partial charge in [-0.25, -0.2) is 8.42 Å². The number of nitrogens with zero attached hydrogens (tertiary/aromatic N) is 2. The first-order chi connectivity index (χ1) is 20.5. The second-order valence-electron chi connectivity index (χ2n) is 10.9. The molecule has 0 bridgehead atoms. The Balaban J connectivity index is 1.89. The maximum Gasteiger partial charge on any atom is 0.243 e. The molecule has 0 spiro atoms. The van der Waals surface area contributed by atoms with Gasteiger partial charge in [0.05, 0.1) is 19.1 Å². The fourth-order valence-corrected chi connectivity index (χ4v) is 5.87. The summed E-state index contributed by atoms with van der Waals surface area (Å²) in [5.74, 6) is 0.235. The number of hydrogen-bond acceptors (Lipinski definition) is 5. The van der Waals surface area contributed by atoms with Gasteiger partial charge in [-0.2, -0.15) is 0 Å². The van der Waals surface area contributed by atoms with Gasteiger partial charge in [-0.3, -0.25) is 13.9 Å². The molecule has 1 atom stereocenters. The summed E-state index contributed by atoms with van der Waals surface area (Å²) in [4.78, 5) is 29.2. The number of ether oxygens (including phenoxy) is 1. The monoisotopic (exact) mass is 607 g/mol. The first kappa shape index (κ1) is 33.6. The zero-order chi connectivity index (χ0) is 31.4. The maximum absolute atomic E-state index is 14.0. The van der Waals surface area contributed by atoms with E-state index in [1.165, 1.54) is 10.6 Å². The Morgan fingerprint density at radius 2 is 1.63 bits per heavy atom. The zero-order valence-corrected chi connectivity index (χ0v) is 26.8. The second kappa shape index (κ2) is 16.1. The summed E-state index contributed by atoms with van der Waals surface area (Å²) < 4.78 is 32.2. The van der Waals surface area contributed by atoms with Crippen LogP contribution < -0.4 is 14.4 Å². The van der Waals surface area contributed by atoms with Crippen molar-refractivity contribution in [2.24, 2.45) is 0 Å². The fourth-order valence-electron chi connectivity index (χ4n) is 4.91. The average molecular weight is 608 g/mol. The van der Waals surface area contributed by atoms with Gasteiger partial charge < -0.3 is 15.0 Å². The Hall–Kier alpha value is -3.85. The summed E-state index contributed by atoms with van der Waals surface area (Å²) in [6.07, 6.45) is 3.68. The number of unbranched alkanes of at least 4 members (excludes halogenated alkanes) is 1. The summed E-state index contributed by atoms with van der Waals surface area (Å²) in [6, 6.07) is 21.9. The summed E-state index contributed by atoms with van der Waals surface area (Å²) >= 11 is 0. The molecule has 1 unspecified atom stereocenters. The number of sulfonamides is 1. The molecule has 3 aromatic carbocycles. The Morgan fingerprint density at radius 3 is 2.28 bits per heavy atom. The predicted octanol–water partition coefficient (Wildman–Crippen LogP) is 5.41. The highest BCUT2D eigenvalue weighted by molar-refractivity contribution is 7.92. The minimum atomic E-state index is -3.57. The van der Waals surface area contributed by atoms with E-state index in [-0.39, 0.29) is 31.3 Å². The van der Waals surface area contributed by atoms with E-state index in [4.69, 9.17) is 4.74 Å². The molecule has 0 saturated carbocycles. The highest BCUT2D eigenvalue weighted by Crippen LogP contribution is 2.23. The van der Waals surface area contributed by atoms with Gasteiger partial charge in [0.2, 0.25) is 21.8 Å². The third-order valence-electron chi connectivity index (χ3n) is 7.52. The summed E-state index contributed by atoms with van der Waals surface area (Å²) in [7, 11) is -1.99. The van der Waals surface area contributed by atoms with E-state index in [0.29, 0.717) is 30.8 Å². The van der Waals surface area contributed by atoms with Gasteiger partial charge in [-0.1, -0.05) is 61.9 Å². The molecule has 9 heteroatoms. The third kappa shape index (κ3) is 10.1. The molecule has 1 N–H and O–H groups in total. The first-order valence-corrected chi connectivity index (χ1v) is 16.7. The van der Waals surface area contributed by atoms with Crippen molar-refractivity contribution in [1.29, 1.82) is 0 Å². The van der Waals surface area contributed by atoms with E-state index in [0.717, 1.165) is 35.1 Å². The molecule has 0 fully saturated rings. The Morgan fingerprint density at radius 1 is 0.907 bits per heavy atom. The molecule has 8 nitrogen and oxygen atoms in total. The normalized spacial score (nSPS) is 11.9. The molecule has 3 rings (SSSR count). The third-order valence-corrected chi connectivity index (χ3v) is 8.71. The first-order valence-electron chi connectivity index (χ1n) is 14.8. The summed E-state index contributed by atoms with van der Waals surface area (Å²) in [6.45, 7) is 6.86. The molecule has 43 heavy (non-hydrogen) atoms. The van der Waals surface area contributed by atoms with Gasteiger partial charge in [0.25, 0.3) is 0 Å². The van der Waals surface area contributed by atoms with Crippen molar-refractivity contribution in [3.63, 3.8) is 0 Å². The van der Waals surface area contributed by atoms with Gasteiger partial charge in [-0.15, -0.1) is 0 Å². The summed E-state index contributed by atoms with van der Waals surface area (Å²) in [5.41, 5.74) is 4.41. The van der Waals surface area contributed by atoms with E-state index in [9.17, 15) is 18.0 Å². The van der Waals surface area contributed by atoms with Crippen LogP contribution in [0.25, 0.3) is 0 Å². The lowest BCUT2D eigenvalue weighted by atomic mass is 10.0. The molecular formula is C34H45N3O5S. The van der Waals surface area contributed by atoms with Gasteiger partial charge in [0.1, 0.15) is 11.8 Å². The van der Waals surface area contributed by atoms with Gasteiger partial charge >= 0.3 is 0 Å². The van der Waals surface area contributed by atoms with Crippen LogP contribution in [0.4, 0.5) is 5.69 Å². The van der Waals surface area contributed by atoms with Crippen molar-refractivity contribution in [2.45, 2.75) is 65.5 Å². The number of methoxy groups -OCH3 is 1. The number of benzene rings is 3. The SMILES string of the molecule is CCCCNC(=O)C(Cc1ccccc1)N(Cc1cccc(OC)c1)C(=O)CCCN(c1ccc(C)c(C)c1)S(C)(=O)=O. The Labute approximate surface area is 257 Å². The van der Waals surface area contributed by atoms with Crippen molar-refractivity contribution in [3.8, 4) is 5.75 Å². The largest absolute Gasteiger partial charge is 0.497 e. The Kier molecular flexibility index (Phi) is 12.6. The lowest BCUT2D eigenvalue weighted by Gasteiger charge is -2.32. The molecular weight excluding hydrogens is 562 g/mol. The fraction of sp³-hybridized carbons (Fsp3) is 0.412. The molecule has 0 aliphatic carbocycles. The molecule has 0 aliphatic rings. The van der Waals surface area contributed by atoms with Gasteiger partial charge in [0.15, 0.2) is 0 Å². The Bertz CT molecular complexity index is 1460. The molecule has 0 aliphatic heterocycles. The van der Waals surface area contributed by atoms with Crippen LogP contribution in [0.5, 0.6) is 5.75 Å². The smallest absolute Gasteiger partial charge is 0.243 e. The minimum Gasteiger partial charge on any atom is -0.497 e. The van der Waals surface area contributed by atoms with Crippen LogP contribution in [0.3, 0.4) is 0 Å². The van der Waals surface area contributed by atoms with Crippen LogP contribution in [0, 0.1) is 13.8 Å². The molecule has 3 aromatic rings. The molecule has 0 heterocycles. The van der Waals surface area contributed by atoms with Crippen molar-refractivity contribution in [2.75, 3.05) is 30.8 Å². The van der Waals surface area contributed by atoms with E-state index in [2.05, 4.69) is 12.2 Å². The van der Waals surface area contributed by atoms with Crippen molar-refractivity contribution >= 4 is 27.5 Å². The zero-order valence-electron chi connectivity index (χ0n) is 26.0. The number of hydrogen-bond donors (Lipinski definition) is 1. The number of rotatable bonds is 16. The quantitative estimate of drug-likeness (QED) is 0.220. The topological polar surface area (TPSA) is 96.0 Å². The van der Waals surface area contributed by atoms with Crippen molar-refractivity contribution in [3.05, 3.63) is 95.1 Å². The number of carbonyl (C=O) groups is 2. The van der Waals surface area contributed by atoms with Gasteiger partial charge in [-0.05, 0) is 73.2 Å². The van der Waals surface area contributed by atoms with Crippen LogP contribution in [0.15, 0.2) is 72.8 Å². The number of nitrogens with one attached hydrogen (secondary N) is 1.